The van der Waals surface area contributed by atoms with Crippen LogP contribution in [-0.4, -0.2) is 95.4 Å². The van der Waals surface area contributed by atoms with Crippen LogP contribution in [0.1, 0.15) is 245 Å². The highest BCUT2D eigenvalue weighted by atomic mass is 32.3. The fourth-order valence-electron chi connectivity index (χ4n) is 8.46. The van der Waals surface area contributed by atoms with Crippen molar-refractivity contribution in [3.05, 3.63) is 0 Å². The fourth-order valence-corrected chi connectivity index (χ4v) is 8.97. The Kier molecular flexibility index (Phi) is 37.6. The van der Waals surface area contributed by atoms with Crippen LogP contribution in [0.15, 0.2) is 0 Å². The zero-order valence-corrected chi connectivity index (χ0v) is 39.8. The first-order valence-electron chi connectivity index (χ1n) is 25.4. The van der Waals surface area contributed by atoms with E-state index in [1.54, 1.807) is 0 Å². The minimum absolute atomic E-state index is 0.225. The zero-order valence-electron chi connectivity index (χ0n) is 39.0. The van der Waals surface area contributed by atoms with Gasteiger partial charge in [0.15, 0.2) is 6.29 Å². The van der Waals surface area contributed by atoms with E-state index in [9.17, 15) is 38.2 Å². The number of rotatable bonds is 44. The summed E-state index contributed by atoms with van der Waals surface area (Å²) in [5, 5.41) is 45.0. The van der Waals surface area contributed by atoms with Gasteiger partial charge in [-0.1, -0.05) is 226 Å². The van der Waals surface area contributed by atoms with Crippen LogP contribution >= 0.6 is 0 Å². The Hall–Kier alpha value is -0.900. The number of hydrogen-bond acceptors (Lipinski definition) is 10. The number of unbranched alkanes of at least 4 members (excludes halogenated alkanes) is 32. The summed E-state index contributed by atoms with van der Waals surface area (Å²) in [6.45, 7) is 3.48. The first kappa shape index (κ1) is 58.1. The van der Waals surface area contributed by atoms with Crippen LogP contribution in [0.4, 0.5) is 0 Å². The minimum atomic E-state index is -5.07. The third kappa shape index (κ3) is 32.4. The summed E-state index contributed by atoms with van der Waals surface area (Å²) in [6.07, 6.45) is 33.8. The molecular formula is C48H95NO11S. The van der Waals surface area contributed by atoms with Crippen molar-refractivity contribution in [2.75, 3.05) is 13.2 Å². The maximum atomic E-state index is 13.1. The highest BCUT2D eigenvalue weighted by Crippen LogP contribution is 2.26. The van der Waals surface area contributed by atoms with Crippen LogP contribution in [0, 0.1) is 0 Å². The molecule has 1 aliphatic rings. The van der Waals surface area contributed by atoms with Crippen molar-refractivity contribution < 1.29 is 51.8 Å². The molecule has 1 aliphatic heterocycles. The van der Waals surface area contributed by atoms with E-state index in [0.717, 1.165) is 51.4 Å². The predicted molar refractivity (Wildman–Crippen MR) is 246 cm³/mol. The lowest BCUT2D eigenvalue weighted by Gasteiger charge is -2.41. The Morgan fingerprint density at radius 1 is 0.590 bits per heavy atom. The monoisotopic (exact) mass is 894 g/mol. The number of aliphatic hydroxyl groups excluding tert-OH is 4. The van der Waals surface area contributed by atoms with Gasteiger partial charge in [0.25, 0.3) is 0 Å². The van der Waals surface area contributed by atoms with Gasteiger partial charge in [-0.15, -0.1) is 0 Å². The highest BCUT2D eigenvalue weighted by Gasteiger charge is 2.48. The molecule has 13 heteroatoms. The summed E-state index contributed by atoms with van der Waals surface area (Å²) < 4.78 is 47.7. The van der Waals surface area contributed by atoms with Gasteiger partial charge < -0.3 is 35.2 Å². The van der Waals surface area contributed by atoms with Gasteiger partial charge in [0.2, 0.25) is 5.91 Å². The molecule has 0 saturated carbocycles. The summed E-state index contributed by atoms with van der Waals surface area (Å²) in [5.41, 5.74) is 0. The Bertz CT molecular complexity index is 1100. The predicted octanol–water partition coefficient (Wildman–Crippen LogP) is 10.6. The summed E-state index contributed by atoms with van der Waals surface area (Å²) in [7, 11) is -5.07. The van der Waals surface area contributed by atoms with Gasteiger partial charge in [-0.2, -0.15) is 8.42 Å². The minimum Gasteiger partial charge on any atom is -0.394 e. The molecule has 0 aromatic carbocycles. The number of amides is 1. The average Bonchev–Trinajstić information content (AvgIpc) is 3.23. The molecule has 1 rings (SSSR count). The van der Waals surface area contributed by atoms with Crippen molar-refractivity contribution in [2.45, 2.75) is 288 Å². The lowest BCUT2D eigenvalue weighted by molar-refractivity contribution is -0.298. The molecule has 12 nitrogen and oxygen atoms in total. The lowest BCUT2D eigenvalue weighted by Crippen LogP contribution is -2.61. The van der Waals surface area contributed by atoms with Crippen LogP contribution in [0.3, 0.4) is 0 Å². The SMILES string of the molecule is CCCCCCCCCCCCCCCCCCCCC(=O)NC(COC1OC(CO)C(O)C(OS(=O)(=O)O)C1O)C(O)CCCCCCCCCCCCCCCCCC. The molecular weight excluding hydrogens is 799 g/mol. The van der Waals surface area contributed by atoms with Crippen LogP contribution in [0.2, 0.25) is 0 Å². The van der Waals surface area contributed by atoms with Gasteiger partial charge in [-0.25, -0.2) is 4.18 Å². The largest absolute Gasteiger partial charge is 0.397 e. The smallest absolute Gasteiger partial charge is 0.394 e. The maximum absolute atomic E-state index is 13.1. The van der Waals surface area contributed by atoms with Gasteiger partial charge in [0.05, 0.1) is 25.4 Å². The second kappa shape index (κ2) is 39.5. The molecule has 61 heavy (non-hydrogen) atoms. The number of nitrogens with one attached hydrogen (secondary N) is 1. The molecule has 7 unspecified atom stereocenters. The third-order valence-electron chi connectivity index (χ3n) is 12.4. The Balaban J connectivity index is 2.43. The maximum Gasteiger partial charge on any atom is 0.397 e. The summed E-state index contributed by atoms with van der Waals surface area (Å²) in [6, 6.07) is -0.851. The Morgan fingerprint density at radius 2 is 0.951 bits per heavy atom. The summed E-state index contributed by atoms with van der Waals surface area (Å²) >= 11 is 0. The molecule has 1 heterocycles. The number of ether oxygens (including phenoxy) is 2. The Morgan fingerprint density at radius 3 is 1.31 bits per heavy atom. The van der Waals surface area contributed by atoms with Crippen LogP contribution in [0.25, 0.3) is 0 Å². The summed E-state index contributed by atoms with van der Waals surface area (Å²) in [5.74, 6) is -0.225. The van der Waals surface area contributed by atoms with Gasteiger partial charge in [-0.05, 0) is 12.8 Å². The van der Waals surface area contributed by atoms with Crippen molar-refractivity contribution in [1.82, 2.24) is 5.32 Å². The van der Waals surface area contributed by atoms with Crippen molar-refractivity contribution >= 4 is 16.3 Å². The number of carbonyl (C=O) groups excluding carboxylic acids is 1. The van der Waals surface area contributed by atoms with E-state index in [2.05, 4.69) is 23.3 Å². The molecule has 7 atom stereocenters. The summed E-state index contributed by atoms with van der Waals surface area (Å²) in [4.78, 5) is 13.1. The molecule has 364 valence electrons. The molecule has 0 bridgehead atoms. The first-order valence-corrected chi connectivity index (χ1v) is 26.8. The lowest BCUT2D eigenvalue weighted by atomic mass is 9.99. The van der Waals surface area contributed by atoms with Crippen molar-refractivity contribution in [3.63, 3.8) is 0 Å². The van der Waals surface area contributed by atoms with Crippen molar-refractivity contribution in [1.29, 1.82) is 0 Å². The van der Waals surface area contributed by atoms with Crippen molar-refractivity contribution in [3.8, 4) is 0 Å². The first-order chi connectivity index (χ1) is 29.5. The van der Waals surface area contributed by atoms with E-state index in [1.807, 2.05) is 0 Å². The van der Waals surface area contributed by atoms with Gasteiger partial charge in [0.1, 0.15) is 24.4 Å². The molecule has 0 aromatic heterocycles. The Labute approximate surface area is 373 Å². The highest BCUT2D eigenvalue weighted by molar-refractivity contribution is 7.80. The van der Waals surface area contributed by atoms with E-state index in [4.69, 9.17) is 9.47 Å². The second-order valence-electron chi connectivity index (χ2n) is 18.1. The van der Waals surface area contributed by atoms with E-state index < -0.39 is 59.9 Å². The van der Waals surface area contributed by atoms with Crippen LogP contribution in [0.5, 0.6) is 0 Å². The number of aliphatic hydroxyl groups is 4. The molecule has 1 saturated heterocycles. The molecule has 0 aliphatic carbocycles. The number of carbonyl (C=O) groups is 1. The topological polar surface area (TPSA) is 192 Å². The molecule has 0 spiro atoms. The average molecular weight is 894 g/mol. The van der Waals surface area contributed by atoms with E-state index in [-0.39, 0.29) is 12.5 Å². The quantitative estimate of drug-likeness (QED) is 0.0252. The van der Waals surface area contributed by atoms with E-state index >= 15 is 0 Å². The normalized spacial score (nSPS) is 20.5. The molecule has 1 amide bonds. The van der Waals surface area contributed by atoms with E-state index in [1.165, 1.54) is 167 Å². The standard InChI is InChI=1S/C48H95NO11S/c1-3-5-7-9-11-13-15-17-19-21-22-24-26-28-30-32-34-36-38-44(52)49-41(40-58-48-46(54)47(60-61(55,56)57)45(53)43(39-50)59-48)42(51)37-35-33-31-29-27-25-23-20-18-16-14-12-10-8-6-4-2/h41-43,45-48,50-51,53-54H,3-40H2,1-2H3,(H,49,52)(H,55,56,57). The number of hydrogen-bond donors (Lipinski definition) is 6. The van der Waals surface area contributed by atoms with Crippen molar-refractivity contribution in [2.24, 2.45) is 0 Å². The van der Waals surface area contributed by atoms with Gasteiger partial charge in [-0.3, -0.25) is 9.35 Å². The van der Waals surface area contributed by atoms with E-state index in [0.29, 0.717) is 12.8 Å². The molecule has 1 fully saturated rings. The third-order valence-corrected chi connectivity index (χ3v) is 12.9. The zero-order chi connectivity index (χ0) is 44.8. The molecule has 0 radical (unpaired) electrons. The van der Waals surface area contributed by atoms with Crippen LogP contribution in [-0.2, 0) is 28.9 Å². The van der Waals surface area contributed by atoms with Crippen LogP contribution < -0.4 is 5.32 Å². The van der Waals surface area contributed by atoms with Gasteiger partial charge in [0, 0.05) is 6.42 Å². The fraction of sp³-hybridized carbons (Fsp3) is 0.979. The second-order valence-corrected chi connectivity index (χ2v) is 19.2. The molecule has 6 N–H and O–H groups in total. The van der Waals surface area contributed by atoms with Gasteiger partial charge >= 0.3 is 10.4 Å². The molecule has 0 aromatic rings.